The highest BCUT2D eigenvalue weighted by atomic mass is 35.5. The van der Waals surface area contributed by atoms with Gasteiger partial charge in [-0.05, 0) is 45.7 Å². The number of nitrogens with one attached hydrogen (secondary N) is 1. The van der Waals surface area contributed by atoms with Gasteiger partial charge in [-0.3, -0.25) is 4.79 Å². The van der Waals surface area contributed by atoms with Crippen LogP contribution in [0.1, 0.15) is 75.9 Å². The molecule has 2 fully saturated rings. The van der Waals surface area contributed by atoms with E-state index >= 15 is 0 Å². The zero-order valence-corrected chi connectivity index (χ0v) is 18.6. The standard InChI is InChI=1S/C19H33N5O2.2ClH/c1-24(2)13-17-21-18(23-26-17)19(10-5-3-4-6-11-19)22-16(25)12-14-8-7-9-15(14)20;;/h14-15H,3-13,20H2,1-2H3,(H,22,25);2*1H/t14-,15+;;/m0../s1. The molecule has 0 radical (unpaired) electrons. The molecule has 2 aliphatic rings. The molecule has 3 N–H and O–H groups in total. The lowest BCUT2D eigenvalue weighted by Crippen LogP contribution is -2.47. The Kier molecular flexibility index (Phi) is 10.2. The van der Waals surface area contributed by atoms with Crippen LogP contribution in [0.4, 0.5) is 0 Å². The fourth-order valence-corrected chi connectivity index (χ4v) is 4.40. The summed E-state index contributed by atoms with van der Waals surface area (Å²) in [5, 5.41) is 7.56. The van der Waals surface area contributed by atoms with Crippen LogP contribution in [0, 0.1) is 5.92 Å². The Morgan fingerprint density at radius 1 is 1.18 bits per heavy atom. The summed E-state index contributed by atoms with van der Waals surface area (Å²) in [4.78, 5) is 19.5. The molecule has 0 unspecified atom stereocenters. The fraction of sp³-hybridized carbons (Fsp3) is 0.842. The Morgan fingerprint density at radius 2 is 1.86 bits per heavy atom. The van der Waals surface area contributed by atoms with Crippen molar-refractivity contribution in [3.8, 4) is 0 Å². The van der Waals surface area contributed by atoms with Crippen molar-refractivity contribution in [3.63, 3.8) is 0 Å². The molecule has 1 aromatic heterocycles. The van der Waals surface area contributed by atoms with Gasteiger partial charge in [0.1, 0.15) is 5.54 Å². The van der Waals surface area contributed by atoms with Crippen LogP contribution in [0.3, 0.4) is 0 Å². The molecule has 0 spiro atoms. The zero-order valence-electron chi connectivity index (χ0n) is 17.0. The van der Waals surface area contributed by atoms with Gasteiger partial charge in [0.05, 0.1) is 6.54 Å². The van der Waals surface area contributed by atoms with Crippen LogP contribution in [-0.4, -0.2) is 41.1 Å². The first-order valence-electron chi connectivity index (χ1n) is 10.0. The first-order chi connectivity index (χ1) is 12.5. The van der Waals surface area contributed by atoms with Crippen LogP contribution in [0.2, 0.25) is 0 Å². The molecule has 162 valence electrons. The third-order valence-electron chi connectivity index (χ3n) is 5.85. The van der Waals surface area contributed by atoms with E-state index in [2.05, 4.69) is 15.5 Å². The molecule has 0 bridgehead atoms. The summed E-state index contributed by atoms with van der Waals surface area (Å²) in [6.07, 6.45) is 9.97. The van der Waals surface area contributed by atoms with Gasteiger partial charge in [0, 0.05) is 12.5 Å². The molecule has 0 aromatic carbocycles. The predicted octanol–water partition coefficient (Wildman–Crippen LogP) is 3.16. The Bertz CT molecular complexity index is 603. The van der Waals surface area contributed by atoms with Gasteiger partial charge in [0.15, 0.2) is 5.82 Å². The van der Waals surface area contributed by atoms with Gasteiger partial charge >= 0.3 is 0 Å². The SMILES string of the molecule is CN(C)Cc1nc(C2(NC(=O)C[C@@H]3CCC[C@H]3N)CCCCCC2)no1.Cl.Cl. The smallest absolute Gasteiger partial charge is 0.240 e. The summed E-state index contributed by atoms with van der Waals surface area (Å²) in [5.41, 5.74) is 5.66. The van der Waals surface area contributed by atoms with Gasteiger partial charge in [-0.1, -0.05) is 37.3 Å². The minimum atomic E-state index is -0.496. The highest BCUT2D eigenvalue weighted by Gasteiger charge is 2.39. The minimum absolute atomic E-state index is 0. The quantitative estimate of drug-likeness (QED) is 0.665. The van der Waals surface area contributed by atoms with Gasteiger partial charge in [-0.15, -0.1) is 24.8 Å². The molecule has 7 nitrogen and oxygen atoms in total. The Labute approximate surface area is 180 Å². The number of hydrogen-bond donors (Lipinski definition) is 2. The summed E-state index contributed by atoms with van der Waals surface area (Å²) in [7, 11) is 3.94. The van der Waals surface area contributed by atoms with E-state index in [-0.39, 0.29) is 36.8 Å². The topological polar surface area (TPSA) is 97.3 Å². The Morgan fingerprint density at radius 3 is 2.43 bits per heavy atom. The molecule has 0 saturated heterocycles. The van der Waals surface area contributed by atoms with Crippen molar-refractivity contribution in [2.75, 3.05) is 14.1 Å². The molecule has 2 aliphatic carbocycles. The molecular weight excluding hydrogens is 401 g/mol. The van der Waals surface area contributed by atoms with E-state index in [9.17, 15) is 4.79 Å². The van der Waals surface area contributed by atoms with Crippen molar-refractivity contribution < 1.29 is 9.32 Å². The van der Waals surface area contributed by atoms with Crippen LogP contribution in [-0.2, 0) is 16.9 Å². The largest absolute Gasteiger partial charge is 0.343 e. The van der Waals surface area contributed by atoms with E-state index in [1.54, 1.807) is 0 Å². The third-order valence-corrected chi connectivity index (χ3v) is 5.85. The van der Waals surface area contributed by atoms with Crippen molar-refractivity contribution in [3.05, 3.63) is 11.7 Å². The van der Waals surface area contributed by atoms with E-state index in [1.165, 1.54) is 12.8 Å². The normalized spacial score (nSPS) is 24.1. The monoisotopic (exact) mass is 435 g/mol. The van der Waals surface area contributed by atoms with Crippen LogP contribution >= 0.6 is 24.8 Å². The van der Waals surface area contributed by atoms with Crippen LogP contribution in [0.25, 0.3) is 0 Å². The van der Waals surface area contributed by atoms with E-state index in [4.69, 9.17) is 10.3 Å². The van der Waals surface area contributed by atoms with Crippen LogP contribution < -0.4 is 11.1 Å². The zero-order chi connectivity index (χ0) is 18.6. The van der Waals surface area contributed by atoms with Gasteiger partial charge < -0.3 is 20.5 Å². The molecule has 1 aromatic rings. The number of hydrogen-bond acceptors (Lipinski definition) is 6. The van der Waals surface area contributed by atoms with Crippen molar-refractivity contribution in [2.45, 2.75) is 82.3 Å². The maximum absolute atomic E-state index is 12.8. The predicted molar refractivity (Wildman–Crippen MR) is 114 cm³/mol. The second-order valence-electron chi connectivity index (χ2n) is 8.35. The number of nitrogens with zero attached hydrogens (tertiary/aromatic N) is 3. The maximum atomic E-state index is 12.8. The van der Waals surface area contributed by atoms with E-state index < -0.39 is 5.54 Å². The molecule has 0 aliphatic heterocycles. The molecule has 1 heterocycles. The molecule has 3 rings (SSSR count). The van der Waals surface area contributed by atoms with Crippen molar-refractivity contribution in [1.29, 1.82) is 0 Å². The molecule has 2 saturated carbocycles. The van der Waals surface area contributed by atoms with Gasteiger partial charge in [0.25, 0.3) is 0 Å². The summed E-state index contributed by atoms with van der Waals surface area (Å²) in [6, 6.07) is 0.155. The van der Waals surface area contributed by atoms with E-state index in [0.29, 0.717) is 30.6 Å². The second-order valence-corrected chi connectivity index (χ2v) is 8.35. The second kappa shape index (κ2) is 11.3. The van der Waals surface area contributed by atoms with Crippen molar-refractivity contribution >= 4 is 30.7 Å². The summed E-state index contributed by atoms with van der Waals surface area (Å²) >= 11 is 0. The first-order valence-corrected chi connectivity index (χ1v) is 10.0. The average molecular weight is 436 g/mol. The number of amides is 1. The number of nitrogens with two attached hydrogens (primary N) is 1. The lowest BCUT2D eigenvalue weighted by atomic mass is 9.88. The average Bonchev–Trinajstić information content (AvgIpc) is 3.12. The lowest BCUT2D eigenvalue weighted by Gasteiger charge is -2.31. The van der Waals surface area contributed by atoms with Crippen LogP contribution in [0.5, 0.6) is 0 Å². The van der Waals surface area contributed by atoms with Gasteiger partial charge in [0.2, 0.25) is 11.8 Å². The molecular formula is C19H35Cl2N5O2. The van der Waals surface area contributed by atoms with Gasteiger partial charge in [-0.2, -0.15) is 4.98 Å². The molecule has 1 amide bonds. The third kappa shape index (κ3) is 6.31. The number of carbonyl (C=O) groups is 1. The minimum Gasteiger partial charge on any atom is -0.343 e. The number of halogens is 2. The van der Waals surface area contributed by atoms with Gasteiger partial charge in [-0.25, -0.2) is 0 Å². The van der Waals surface area contributed by atoms with E-state index in [1.807, 2.05) is 19.0 Å². The van der Waals surface area contributed by atoms with Crippen molar-refractivity contribution in [1.82, 2.24) is 20.4 Å². The number of aromatic nitrogens is 2. The molecule has 2 atom stereocenters. The number of carbonyl (C=O) groups excluding carboxylic acids is 1. The highest BCUT2D eigenvalue weighted by Crippen LogP contribution is 2.35. The summed E-state index contributed by atoms with van der Waals surface area (Å²) < 4.78 is 5.45. The first kappa shape index (κ1) is 25.1. The highest BCUT2D eigenvalue weighted by molar-refractivity contribution is 5.85. The molecule has 28 heavy (non-hydrogen) atoms. The number of rotatable bonds is 6. The Hall–Kier alpha value is -0.890. The van der Waals surface area contributed by atoms with E-state index in [0.717, 1.165) is 44.9 Å². The summed E-state index contributed by atoms with van der Waals surface area (Å²) in [6.45, 7) is 0.605. The lowest BCUT2D eigenvalue weighted by molar-refractivity contribution is -0.124. The van der Waals surface area contributed by atoms with Crippen molar-refractivity contribution in [2.24, 2.45) is 11.7 Å². The summed E-state index contributed by atoms with van der Waals surface area (Å²) in [5.74, 6) is 1.61. The molecule has 9 heteroatoms. The Balaban J connectivity index is 0.00000196. The fourth-order valence-electron chi connectivity index (χ4n) is 4.40. The maximum Gasteiger partial charge on any atom is 0.240 e. The van der Waals surface area contributed by atoms with Crippen LogP contribution in [0.15, 0.2) is 4.52 Å².